The van der Waals surface area contributed by atoms with E-state index in [2.05, 4.69) is 4.98 Å². The van der Waals surface area contributed by atoms with Crippen molar-refractivity contribution in [3.8, 4) is 0 Å². The largest absolute Gasteiger partial charge is 0.366 e. The van der Waals surface area contributed by atoms with Crippen molar-refractivity contribution in [2.24, 2.45) is 11.5 Å². The number of halogens is 1. The third-order valence-corrected chi connectivity index (χ3v) is 1.31. The second-order valence-electron chi connectivity index (χ2n) is 2.19. The van der Waals surface area contributed by atoms with Crippen LogP contribution in [0.1, 0.15) is 20.7 Å². The summed E-state index contributed by atoms with van der Waals surface area (Å²) in [5.74, 6) is -1.27. The first kappa shape index (κ1) is 11.4. The van der Waals surface area contributed by atoms with Gasteiger partial charge < -0.3 is 11.5 Å². The first-order valence-corrected chi connectivity index (χ1v) is 3.16. The van der Waals surface area contributed by atoms with Gasteiger partial charge in [-0.05, 0) is 6.07 Å². The fourth-order valence-corrected chi connectivity index (χ4v) is 0.709. The van der Waals surface area contributed by atoms with Crippen LogP contribution in [-0.2, 0) is 0 Å². The predicted octanol–water partition coefficient (Wildman–Crippen LogP) is -0.299. The summed E-state index contributed by atoms with van der Waals surface area (Å²) in [6.07, 6.45) is 2.55. The van der Waals surface area contributed by atoms with Gasteiger partial charge in [0.1, 0.15) is 0 Å². The number of amides is 2. The van der Waals surface area contributed by atoms with Gasteiger partial charge in [0.15, 0.2) is 0 Å². The summed E-state index contributed by atoms with van der Waals surface area (Å²) in [5.41, 5.74) is 10.2. The molecule has 0 aliphatic heterocycles. The number of nitrogens with zero attached hydrogens (tertiary/aromatic N) is 1. The summed E-state index contributed by atoms with van der Waals surface area (Å²) in [5, 5.41) is 0. The Balaban J connectivity index is 0.00000144. The Morgan fingerprint density at radius 3 is 1.77 bits per heavy atom. The van der Waals surface area contributed by atoms with Gasteiger partial charge in [-0.2, -0.15) is 0 Å². The monoisotopic (exact) mass is 201 g/mol. The topological polar surface area (TPSA) is 99.1 Å². The molecule has 0 spiro atoms. The SMILES string of the molecule is Cl.NC(=O)c1cncc(C(N)=O)c1. The molecule has 0 bridgehead atoms. The quantitative estimate of drug-likeness (QED) is 0.687. The van der Waals surface area contributed by atoms with E-state index in [1.165, 1.54) is 18.5 Å². The van der Waals surface area contributed by atoms with Crippen LogP contribution in [0.5, 0.6) is 0 Å². The number of nitrogens with two attached hydrogens (primary N) is 2. The highest BCUT2D eigenvalue weighted by molar-refractivity contribution is 5.97. The van der Waals surface area contributed by atoms with Gasteiger partial charge in [0, 0.05) is 12.4 Å². The summed E-state index contributed by atoms with van der Waals surface area (Å²) in [7, 11) is 0. The molecule has 0 unspecified atom stereocenters. The van der Waals surface area contributed by atoms with Crippen LogP contribution in [0, 0.1) is 0 Å². The average Bonchev–Trinajstić information content (AvgIpc) is 2.04. The van der Waals surface area contributed by atoms with Crippen LogP contribution in [0.25, 0.3) is 0 Å². The molecule has 0 fully saturated rings. The highest BCUT2D eigenvalue weighted by Gasteiger charge is 2.04. The van der Waals surface area contributed by atoms with Gasteiger partial charge in [0.2, 0.25) is 11.8 Å². The van der Waals surface area contributed by atoms with E-state index in [1.807, 2.05) is 0 Å². The Kier molecular flexibility index (Phi) is 3.87. The highest BCUT2D eigenvalue weighted by atomic mass is 35.5. The molecule has 2 amide bonds. The maximum Gasteiger partial charge on any atom is 0.250 e. The van der Waals surface area contributed by atoms with Gasteiger partial charge in [-0.3, -0.25) is 14.6 Å². The molecule has 6 heteroatoms. The summed E-state index contributed by atoms with van der Waals surface area (Å²) in [4.78, 5) is 24.8. The minimum Gasteiger partial charge on any atom is -0.366 e. The molecule has 0 radical (unpaired) electrons. The third kappa shape index (κ3) is 2.72. The number of carbonyl (C=O) groups excluding carboxylic acids is 2. The lowest BCUT2D eigenvalue weighted by molar-refractivity contribution is 0.0999. The maximum atomic E-state index is 10.6. The molecule has 70 valence electrons. The Bertz CT molecular complexity index is 311. The van der Waals surface area contributed by atoms with Gasteiger partial charge in [-0.15, -0.1) is 12.4 Å². The van der Waals surface area contributed by atoms with Crippen LogP contribution in [0.4, 0.5) is 0 Å². The number of hydrogen-bond donors (Lipinski definition) is 2. The highest BCUT2D eigenvalue weighted by Crippen LogP contribution is 2.00. The molecule has 13 heavy (non-hydrogen) atoms. The number of aromatic nitrogens is 1. The van der Waals surface area contributed by atoms with Crippen LogP contribution in [-0.4, -0.2) is 16.8 Å². The Hall–Kier alpha value is -1.62. The summed E-state index contributed by atoms with van der Waals surface area (Å²) in [6.45, 7) is 0. The van der Waals surface area contributed by atoms with Crippen molar-refractivity contribution >= 4 is 24.2 Å². The number of rotatable bonds is 2. The van der Waals surface area contributed by atoms with Crippen LogP contribution >= 0.6 is 12.4 Å². The fourth-order valence-electron chi connectivity index (χ4n) is 0.709. The number of pyridine rings is 1. The summed E-state index contributed by atoms with van der Waals surface area (Å²) in [6, 6.07) is 1.30. The second-order valence-corrected chi connectivity index (χ2v) is 2.19. The second kappa shape index (κ2) is 4.42. The molecule has 0 aliphatic carbocycles. The standard InChI is InChI=1S/C7H7N3O2.ClH/c8-6(11)4-1-5(7(9)12)3-10-2-4;/h1-3H,(H2,8,11)(H2,9,12);1H. The molecule has 0 aliphatic rings. The third-order valence-electron chi connectivity index (χ3n) is 1.31. The minimum atomic E-state index is -0.634. The molecular weight excluding hydrogens is 194 g/mol. The zero-order valence-electron chi connectivity index (χ0n) is 6.56. The number of primary amides is 2. The van der Waals surface area contributed by atoms with E-state index < -0.39 is 11.8 Å². The van der Waals surface area contributed by atoms with Gasteiger partial charge in [0.05, 0.1) is 11.1 Å². The maximum absolute atomic E-state index is 10.6. The van der Waals surface area contributed by atoms with E-state index in [1.54, 1.807) is 0 Å². The van der Waals surface area contributed by atoms with E-state index in [-0.39, 0.29) is 23.5 Å². The van der Waals surface area contributed by atoms with E-state index in [9.17, 15) is 9.59 Å². The van der Waals surface area contributed by atoms with E-state index in [0.717, 1.165) is 0 Å². The Labute approximate surface area is 80.5 Å². The average molecular weight is 202 g/mol. The van der Waals surface area contributed by atoms with Crippen LogP contribution in [0.3, 0.4) is 0 Å². The molecule has 1 aromatic heterocycles. The van der Waals surface area contributed by atoms with Crippen molar-refractivity contribution in [2.75, 3.05) is 0 Å². The van der Waals surface area contributed by atoms with Crippen LogP contribution in [0.15, 0.2) is 18.5 Å². The van der Waals surface area contributed by atoms with Crippen molar-refractivity contribution in [1.29, 1.82) is 0 Å². The molecule has 0 saturated carbocycles. The molecule has 4 N–H and O–H groups in total. The van der Waals surface area contributed by atoms with E-state index in [4.69, 9.17) is 11.5 Å². The van der Waals surface area contributed by atoms with Crippen molar-refractivity contribution in [1.82, 2.24) is 4.98 Å². The predicted molar refractivity (Wildman–Crippen MR) is 48.5 cm³/mol. The Morgan fingerprint density at radius 1 is 1.08 bits per heavy atom. The van der Waals surface area contributed by atoms with E-state index >= 15 is 0 Å². The number of hydrogen-bond acceptors (Lipinski definition) is 3. The van der Waals surface area contributed by atoms with Crippen LogP contribution in [0.2, 0.25) is 0 Å². The smallest absolute Gasteiger partial charge is 0.250 e. The molecular formula is C7H8ClN3O2. The molecule has 0 atom stereocenters. The lowest BCUT2D eigenvalue weighted by atomic mass is 10.2. The van der Waals surface area contributed by atoms with Crippen molar-refractivity contribution in [2.45, 2.75) is 0 Å². The van der Waals surface area contributed by atoms with Gasteiger partial charge in [0.25, 0.3) is 0 Å². The summed E-state index contributed by atoms with van der Waals surface area (Å²) >= 11 is 0. The molecule has 1 heterocycles. The minimum absolute atomic E-state index is 0. The van der Waals surface area contributed by atoms with Crippen LogP contribution < -0.4 is 11.5 Å². The molecule has 5 nitrogen and oxygen atoms in total. The fraction of sp³-hybridized carbons (Fsp3) is 0. The molecule has 1 aromatic rings. The van der Waals surface area contributed by atoms with Crippen molar-refractivity contribution < 1.29 is 9.59 Å². The zero-order valence-corrected chi connectivity index (χ0v) is 7.38. The van der Waals surface area contributed by atoms with Gasteiger partial charge in [-0.1, -0.05) is 0 Å². The lowest BCUT2D eigenvalue weighted by Gasteiger charge is -1.96. The molecule has 0 aromatic carbocycles. The lowest BCUT2D eigenvalue weighted by Crippen LogP contribution is -2.15. The van der Waals surface area contributed by atoms with Crippen molar-refractivity contribution in [3.63, 3.8) is 0 Å². The summed E-state index contributed by atoms with van der Waals surface area (Å²) < 4.78 is 0. The number of carbonyl (C=O) groups is 2. The molecule has 0 saturated heterocycles. The normalized spacial score (nSPS) is 8.62. The first-order valence-electron chi connectivity index (χ1n) is 3.16. The van der Waals surface area contributed by atoms with Crippen molar-refractivity contribution in [3.05, 3.63) is 29.6 Å². The zero-order chi connectivity index (χ0) is 9.14. The van der Waals surface area contributed by atoms with E-state index in [0.29, 0.717) is 0 Å². The first-order chi connectivity index (χ1) is 5.61. The Morgan fingerprint density at radius 2 is 1.46 bits per heavy atom. The van der Waals surface area contributed by atoms with Gasteiger partial charge >= 0.3 is 0 Å². The molecule has 1 rings (SSSR count). The van der Waals surface area contributed by atoms with Gasteiger partial charge in [-0.25, -0.2) is 0 Å².